The van der Waals surface area contributed by atoms with Crippen LogP contribution < -0.4 is 14.8 Å². The molecule has 2 aromatic rings. The van der Waals surface area contributed by atoms with Crippen LogP contribution in [0.25, 0.3) is 0 Å². The quantitative estimate of drug-likeness (QED) is 0.665. The van der Waals surface area contributed by atoms with E-state index in [4.69, 9.17) is 6.42 Å². The average Bonchev–Trinajstić information content (AvgIpc) is 2.48. The van der Waals surface area contributed by atoms with Crippen LogP contribution >= 0.6 is 0 Å². The second kappa shape index (κ2) is 6.81. The summed E-state index contributed by atoms with van der Waals surface area (Å²) >= 11 is 0. The van der Waals surface area contributed by atoms with Gasteiger partial charge in [0, 0.05) is 16.9 Å². The Kier molecular flexibility index (Phi) is 4.83. The molecule has 2 amide bonds. The number of carbonyl (C=O) groups is 1. The third kappa shape index (κ3) is 5.33. The highest BCUT2D eigenvalue weighted by atomic mass is 32.3. The fourth-order valence-corrected chi connectivity index (χ4v) is 1.99. The van der Waals surface area contributed by atoms with E-state index in [9.17, 15) is 17.1 Å². The van der Waals surface area contributed by atoms with Crippen LogP contribution in [-0.2, 0) is 10.5 Å². The molecule has 0 heterocycles. The first-order valence-corrected chi connectivity index (χ1v) is 7.55. The van der Waals surface area contributed by atoms with Gasteiger partial charge in [-0.2, -0.15) is 8.42 Å². The van der Waals surface area contributed by atoms with E-state index in [0.717, 1.165) is 0 Å². The molecule has 0 aliphatic rings. The Hall–Kier alpha value is -3.05. The average molecular weight is 334 g/mol. The van der Waals surface area contributed by atoms with E-state index in [1.165, 1.54) is 24.3 Å². The first-order chi connectivity index (χ1) is 10.9. The van der Waals surface area contributed by atoms with E-state index in [1.54, 1.807) is 24.3 Å². The minimum absolute atomic E-state index is 0.205. The lowest BCUT2D eigenvalue weighted by molar-refractivity contribution is 0.262. The van der Waals surface area contributed by atoms with E-state index in [2.05, 4.69) is 20.7 Å². The molecule has 0 fully saturated rings. The van der Waals surface area contributed by atoms with Gasteiger partial charge in [-0.15, -0.1) is 6.42 Å². The topological polar surface area (TPSA) is 84.5 Å². The van der Waals surface area contributed by atoms with Crippen molar-refractivity contribution in [1.29, 1.82) is 0 Å². The maximum atomic E-state index is 12.3. The fraction of sp³-hybridized carbons (Fsp3) is 0. The summed E-state index contributed by atoms with van der Waals surface area (Å²) in [5, 5.41) is 5.11. The lowest BCUT2D eigenvalue weighted by atomic mass is 10.2. The predicted molar refractivity (Wildman–Crippen MR) is 84.1 cm³/mol. The minimum Gasteiger partial charge on any atom is -0.358 e. The molecule has 6 nitrogen and oxygen atoms in total. The summed E-state index contributed by atoms with van der Waals surface area (Å²) in [6.07, 6.45) is 5.23. The lowest BCUT2D eigenvalue weighted by Gasteiger charge is -2.08. The van der Waals surface area contributed by atoms with Gasteiger partial charge in [-0.25, -0.2) is 4.79 Å². The molecule has 2 rings (SSSR count). The van der Waals surface area contributed by atoms with Crippen LogP contribution in [0.5, 0.6) is 5.75 Å². The highest BCUT2D eigenvalue weighted by molar-refractivity contribution is 7.81. The number of hydrogen-bond donors (Lipinski definition) is 2. The van der Waals surface area contributed by atoms with Crippen molar-refractivity contribution in [3.8, 4) is 18.1 Å². The highest BCUT2D eigenvalue weighted by Gasteiger charge is 2.09. The number of halogens is 1. The van der Waals surface area contributed by atoms with Gasteiger partial charge in [-0.3, -0.25) is 0 Å². The van der Waals surface area contributed by atoms with Crippen molar-refractivity contribution in [2.75, 3.05) is 10.6 Å². The summed E-state index contributed by atoms with van der Waals surface area (Å²) in [6, 6.07) is 11.3. The maximum absolute atomic E-state index is 12.3. The van der Waals surface area contributed by atoms with Gasteiger partial charge in [-0.1, -0.05) is 9.81 Å². The van der Waals surface area contributed by atoms with E-state index in [0.29, 0.717) is 16.9 Å². The summed E-state index contributed by atoms with van der Waals surface area (Å²) in [4.78, 5) is 11.8. The highest BCUT2D eigenvalue weighted by Crippen LogP contribution is 2.18. The summed E-state index contributed by atoms with van der Waals surface area (Å²) in [5.74, 6) is 2.25. The van der Waals surface area contributed by atoms with Gasteiger partial charge in [0.2, 0.25) is 0 Å². The molecule has 0 bridgehead atoms. The van der Waals surface area contributed by atoms with Gasteiger partial charge in [0.15, 0.2) is 0 Å². The molecular formula is C15H11FN2O4S. The standard InChI is InChI=1S/C15H11FN2O4S/c1-2-11-3-5-12(6-4-11)17-15(19)18-13-7-9-14(10-8-13)22-23(16,20)21/h1,3-10H,(H2,17,18,19). The molecule has 0 saturated carbocycles. The number of carbonyl (C=O) groups excluding carboxylic acids is 1. The first-order valence-electron chi connectivity index (χ1n) is 6.24. The number of urea groups is 1. The normalized spacial score (nSPS) is 10.4. The maximum Gasteiger partial charge on any atom is 0.488 e. The van der Waals surface area contributed by atoms with Crippen LogP contribution in [0.2, 0.25) is 0 Å². The van der Waals surface area contributed by atoms with Crippen molar-refractivity contribution in [2.24, 2.45) is 0 Å². The zero-order valence-corrected chi connectivity index (χ0v) is 12.4. The number of anilines is 2. The molecule has 0 radical (unpaired) electrons. The van der Waals surface area contributed by atoms with Crippen LogP contribution in [0.4, 0.5) is 20.1 Å². The predicted octanol–water partition coefficient (Wildman–Crippen LogP) is 2.91. The number of rotatable bonds is 4. The van der Waals surface area contributed by atoms with Gasteiger partial charge in [-0.05, 0) is 48.5 Å². The SMILES string of the molecule is C#Cc1ccc(NC(=O)Nc2ccc(OS(=O)(=O)F)cc2)cc1. The van der Waals surface area contributed by atoms with Gasteiger partial charge in [0.25, 0.3) is 0 Å². The molecular weight excluding hydrogens is 323 g/mol. The Morgan fingerprint density at radius 1 is 1.00 bits per heavy atom. The third-order valence-electron chi connectivity index (χ3n) is 2.62. The lowest BCUT2D eigenvalue weighted by Crippen LogP contribution is -2.19. The summed E-state index contributed by atoms with van der Waals surface area (Å²) in [5.41, 5.74) is 1.60. The van der Waals surface area contributed by atoms with Gasteiger partial charge >= 0.3 is 16.5 Å². The number of amides is 2. The number of hydrogen-bond acceptors (Lipinski definition) is 4. The van der Waals surface area contributed by atoms with Crippen LogP contribution in [0.3, 0.4) is 0 Å². The van der Waals surface area contributed by atoms with Gasteiger partial charge in [0.05, 0.1) is 0 Å². The van der Waals surface area contributed by atoms with Crippen molar-refractivity contribution in [2.45, 2.75) is 0 Å². The first kappa shape index (κ1) is 16.3. The summed E-state index contributed by atoms with van der Waals surface area (Å²) in [7, 11) is -5.07. The number of nitrogens with one attached hydrogen (secondary N) is 2. The largest absolute Gasteiger partial charge is 0.488 e. The molecule has 0 aliphatic carbocycles. The zero-order chi connectivity index (χ0) is 16.9. The van der Waals surface area contributed by atoms with Gasteiger partial charge in [0.1, 0.15) is 5.75 Å². The van der Waals surface area contributed by atoms with Crippen LogP contribution in [0, 0.1) is 12.3 Å². The molecule has 118 valence electrons. The Bertz CT molecular complexity index is 841. The van der Waals surface area contributed by atoms with E-state index in [-0.39, 0.29) is 5.75 Å². The van der Waals surface area contributed by atoms with Crippen molar-refractivity contribution < 1.29 is 21.3 Å². The molecule has 0 saturated heterocycles. The molecule has 0 aliphatic heterocycles. The molecule has 8 heteroatoms. The molecule has 23 heavy (non-hydrogen) atoms. The summed E-state index contributed by atoms with van der Waals surface area (Å²) in [6.45, 7) is 0. The second-order valence-electron chi connectivity index (χ2n) is 4.30. The minimum atomic E-state index is -5.07. The number of terminal acetylenes is 1. The van der Waals surface area contributed by atoms with E-state index < -0.39 is 16.5 Å². The Morgan fingerprint density at radius 3 is 1.91 bits per heavy atom. The monoisotopic (exact) mass is 334 g/mol. The van der Waals surface area contributed by atoms with Crippen molar-refractivity contribution in [1.82, 2.24) is 0 Å². The summed E-state index contributed by atoms with van der Waals surface area (Å²) < 4.78 is 37.0. The van der Waals surface area contributed by atoms with Crippen LogP contribution in [0.1, 0.15) is 5.56 Å². The van der Waals surface area contributed by atoms with Crippen LogP contribution in [-0.4, -0.2) is 14.4 Å². The molecule has 2 N–H and O–H groups in total. The zero-order valence-electron chi connectivity index (χ0n) is 11.6. The third-order valence-corrected chi connectivity index (χ3v) is 3.01. The second-order valence-corrected chi connectivity index (χ2v) is 5.25. The fourth-order valence-electron chi connectivity index (χ4n) is 1.65. The molecule has 0 unspecified atom stereocenters. The van der Waals surface area contributed by atoms with Gasteiger partial charge < -0.3 is 14.8 Å². The molecule has 2 aromatic carbocycles. The smallest absolute Gasteiger partial charge is 0.358 e. The Balaban J connectivity index is 1.95. The van der Waals surface area contributed by atoms with E-state index in [1.807, 2.05) is 0 Å². The van der Waals surface area contributed by atoms with Crippen molar-refractivity contribution >= 4 is 27.9 Å². The van der Waals surface area contributed by atoms with Crippen molar-refractivity contribution in [3.63, 3.8) is 0 Å². The van der Waals surface area contributed by atoms with Crippen LogP contribution in [0.15, 0.2) is 48.5 Å². The Morgan fingerprint density at radius 2 is 1.48 bits per heavy atom. The molecule has 0 atom stereocenters. The molecule has 0 aromatic heterocycles. The number of benzene rings is 2. The Labute approximate surface area is 132 Å². The van der Waals surface area contributed by atoms with E-state index >= 15 is 0 Å². The van der Waals surface area contributed by atoms with Crippen molar-refractivity contribution in [3.05, 3.63) is 54.1 Å². The molecule has 0 spiro atoms.